The Kier molecular flexibility index (Phi) is 4.89. The first-order valence-electron chi connectivity index (χ1n) is 6.10. The highest BCUT2D eigenvalue weighted by molar-refractivity contribution is 5.78. The van der Waals surface area contributed by atoms with E-state index >= 15 is 0 Å². The van der Waals surface area contributed by atoms with Crippen molar-refractivity contribution in [2.75, 3.05) is 6.61 Å². The molecule has 0 heterocycles. The molecular formula is C14H20FNO3. The minimum absolute atomic E-state index is 0.00606. The Morgan fingerprint density at radius 1 is 1.47 bits per heavy atom. The highest BCUT2D eigenvalue weighted by Crippen LogP contribution is 2.21. The lowest BCUT2D eigenvalue weighted by molar-refractivity contribution is -0.124. The van der Waals surface area contributed by atoms with E-state index in [-0.39, 0.29) is 23.8 Å². The van der Waals surface area contributed by atoms with E-state index in [9.17, 15) is 14.3 Å². The van der Waals surface area contributed by atoms with Crippen molar-refractivity contribution in [1.29, 1.82) is 0 Å². The first-order chi connectivity index (χ1) is 8.69. The van der Waals surface area contributed by atoms with Gasteiger partial charge in [-0.25, -0.2) is 4.39 Å². The summed E-state index contributed by atoms with van der Waals surface area (Å²) in [5.41, 5.74) is 0.110. The summed E-state index contributed by atoms with van der Waals surface area (Å²) in [5.74, 6) is -0.915. The van der Waals surface area contributed by atoms with Gasteiger partial charge in [-0.05, 0) is 45.4 Å². The van der Waals surface area contributed by atoms with Crippen molar-refractivity contribution in [1.82, 2.24) is 5.32 Å². The van der Waals surface area contributed by atoms with E-state index < -0.39 is 11.9 Å². The van der Waals surface area contributed by atoms with Crippen molar-refractivity contribution < 1.29 is 19.0 Å². The van der Waals surface area contributed by atoms with E-state index in [0.29, 0.717) is 5.56 Å². The molecule has 0 saturated carbocycles. The molecule has 1 amide bonds. The molecule has 0 unspecified atom stereocenters. The van der Waals surface area contributed by atoms with E-state index in [1.807, 2.05) is 20.8 Å². The fourth-order valence-electron chi connectivity index (χ4n) is 1.49. The zero-order chi connectivity index (χ0) is 14.6. The van der Waals surface area contributed by atoms with Crippen LogP contribution in [-0.2, 0) is 4.79 Å². The minimum atomic E-state index is -0.743. The lowest BCUT2D eigenvalue weighted by Crippen LogP contribution is -2.43. The summed E-state index contributed by atoms with van der Waals surface area (Å²) in [7, 11) is 0. The zero-order valence-electron chi connectivity index (χ0n) is 11.7. The number of nitrogens with one attached hydrogen (secondary N) is 1. The van der Waals surface area contributed by atoms with Gasteiger partial charge in [-0.15, -0.1) is 0 Å². The van der Waals surface area contributed by atoms with E-state index in [1.165, 1.54) is 12.1 Å². The van der Waals surface area contributed by atoms with Gasteiger partial charge < -0.3 is 15.2 Å². The van der Waals surface area contributed by atoms with Crippen molar-refractivity contribution in [3.05, 3.63) is 29.6 Å². The number of halogens is 1. The number of carbonyl (C=O) groups is 1. The van der Waals surface area contributed by atoms with Gasteiger partial charge in [0.25, 0.3) is 5.91 Å². The molecule has 0 spiro atoms. The van der Waals surface area contributed by atoms with Crippen LogP contribution in [0.5, 0.6) is 5.75 Å². The first-order valence-corrected chi connectivity index (χ1v) is 6.10. The smallest absolute Gasteiger partial charge is 0.258 e. The SMILES string of the molecule is C[C@@H](O)c1ccc(OCC(=O)NC(C)(C)C)c(F)c1. The number of amides is 1. The number of benzene rings is 1. The van der Waals surface area contributed by atoms with Crippen molar-refractivity contribution >= 4 is 5.91 Å². The summed E-state index contributed by atoms with van der Waals surface area (Å²) < 4.78 is 18.7. The molecule has 0 radical (unpaired) electrons. The predicted octanol–water partition coefficient (Wildman–Crippen LogP) is 2.17. The number of carbonyl (C=O) groups excluding carboxylic acids is 1. The molecule has 0 aromatic heterocycles. The second-order valence-corrected chi connectivity index (χ2v) is 5.45. The van der Waals surface area contributed by atoms with Gasteiger partial charge in [-0.1, -0.05) is 6.07 Å². The molecule has 0 saturated heterocycles. The average molecular weight is 269 g/mol. The molecule has 19 heavy (non-hydrogen) atoms. The van der Waals surface area contributed by atoms with Crippen molar-refractivity contribution in [3.8, 4) is 5.75 Å². The van der Waals surface area contributed by atoms with Gasteiger partial charge in [0.1, 0.15) is 0 Å². The quantitative estimate of drug-likeness (QED) is 0.880. The third-order valence-corrected chi connectivity index (χ3v) is 2.31. The summed E-state index contributed by atoms with van der Waals surface area (Å²) in [6.45, 7) is 6.85. The minimum Gasteiger partial charge on any atom is -0.481 e. The van der Waals surface area contributed by atoms with Crippen LogP contribution >= 0.6 is 0 Å². The molecule has 0 aliphatic carbocycles. The highest BCUT2D eigenvalue weighted by Gasteiger charge is 2.15. The maximum atomic E-state index is 13.6. The summed E-state index contributed by atoms with van der Waals surface area (Å²) >= 11 is 0. The number of hydrogen-bond donors (Lipinski definition) is 2. The highest BCUT2D eigenvalue weighted by atomic mass is 19.1. The Labute approximate surface area is 112 Å². The van der Waals surface area contributed by atoms with Crippen LogP contribution in [0.3, 0.4) is 0 Å². The number of aliphatic hydroxyl groups excluding tert-OH is 1. The van der Waals surface area contributed by atoms with Crippen LogP contribution in [0, 0.1) is 5.82 Å². The maximum Gasteiger partial charge on any atom is 0.258 e. The third-order valence-electron chi connectivity index (χ3n) is 2.31. The normalized spacial score (nSPS) is 12.9. The summed E-state index contributed by atoms with van der Waals surface area (Å²) in [4.78, 5) is 11.5. The molecule has 1 aromatic rings. The second-order valence-electron chi connectivity index (χ2n) is 5.45. The fourth-order valence-corrected chi connectivity index (χ4v) is 1.49. The topological polar surface area (TPSA) is 58.6 Å². The van der Waals surface area contributed by atoms with Crippen LogP contribution in [0.2, 0.25) is 0 Å². The first kappa shape index (κ1) is 15.4. The lowest BCUT2D eigenvalue weighted by atomic mass is 10.1. The third kappa shape index (κ3) is 5.26. The van der Waals surface area contributed by atoms with Gasteiger partial charge >= 0.3 is 0 Å². The Balaban J connectivity index is 2.61. The number of rotatable bonds is 4. The monoisotopic (exact) mass is 269 g/mol. The van der Waals surface area contributed by atoms with Gasteiger partial charge in [0.15, 0.2) is 18.2 Å². The van der Waals surface area contributed by atoms with Crippen LogP contribution in [0.25, 0.3) is 0 Å². The Hall–Kier alpha value is -1.62. The van der Waals surface area contributed by atoms with Crippen molar-refractivity contribution in [2.24, 2.45) is 0 Å². The average Bonchev–Trinajstić information content (AvgIpc) is 2.24. The molecule has 1 rings (SSSR count). The number of hydrogen-bond acceptors (Lipinski definition) is 3. The van der Waals surface area contributed by atoms with E-state index in [2.05, 4.69) is 5.32 Å². The Bertz CT molecular complexity index is 452. The standard InChI is InChI=1S/C14H20FNO3/c1-9(17)10-5-6-12(11(15)7-10)19-8-13(18)16-14(2,3)4/h5-7,9,17H,8H2,1-4H3,(H,16,18)/t9-/m1/s1. The van der Waals surface area contributed by atoms with Crippen LogP contribution in [0.1, 0.15) is 39.4 Å². The summed E-state index contributed by atoms with van der Waals surface area (Å²) in [6.07, 6.45) is -0.743. The molecule has 0 aliphatic rings. The molecule has 2 N–H and O–H groups in total. The molecule has 1 atom stereocenters. The Morgan fingerprint density at radius 3 is 2.58 bits per heavy atom. The van der Waals surface area contributed by atoms with E-state index in [4.69, 9.17) is 4.74 Å². The molecule has 0 bridgehead atoms. The van der Waals surface area contributed by atoms with Crippen molar-refractivity contribution in [3.63, 3.8) is 0 Å². The molecule has 0 fully saturated rings. The number of ether oxygens (including phenoxy) is 1. The largest absolute Gasteiger partial charge is 0.481 e. The van der Waals surface area contributed by atoms with E-state index in [0.717, 1.165) is 0 Å². The zero-order valence-corrected chi connectivity index (χ0v) is 11.7. The number of aliphatic hydroxyl groups is 1. The van der Waals surface area contributed by atoms with Crippen molar-refractivity contribution in [2.45, 2.75) is 39.3 Å². The molecule has 106 valence electrons. The van der Waals surface area contributed by atoms with Crippen LogP contribution < -0.4 is 10.1 Å². The maximum absolute atomic E-state index is 13.6. The lowest BCUT2D eigenvalue weighted by Gasteiger charge is -2.20. The summed E-state index contributed by atoms with van der Waals surface area (Å²) in [5, 5.41) is 12.0. The second kappa shape index (κ2) is 6.02. The molecule has 0 aliphatic heterocycles. The fraction of sp³-hybridized carbons (Fsp3) is 0.500. The van der Waals surface area contributed by atoms with Crippen LogP contribution in [-0.4, -0.2) is 23.2 Å². The van der Waals surface area contributed by atoms with Crippen LogP contribution in [0.15, 0.2) is 18.2 Å². The van der Waals surface area contributed by atoms with Gasteiger partial charge in [0.05, 0.1) is 6.10 Å². The predicted molar refractivity (Wildman–Crippen MR) is 70.4 cm³/mol. The summed E-state index contributed by atoms with van der Waals surface area (Å²) in [6, 6.07) is 4.16. The molecule has 4 nitrogen and oxygen atoms in total. The van der Waals surface area contributed by atoms with Gasteiger partial charge in [0.2, 0.25) is 0 Å². The molecule has 5 heteroatoms. The molecule has 1 aromatic carbocycles. The van der Waals surface area contributed by atoms with Crippen LogP contribution in [0.4, 0.5) is 4.39 Å². The molecular weight excluding hydrogens is 249 g/mol. The van der Waals surface area contributed by atoms with Gasteiger partial charge in [-0.2, -0.15) is 0 Å². The van der Waals surface area contributed by atoms with E-state index in [1.54, 1.807) is 13.0 Å². The van der Waals surface area contributed by atoms with Gasteiger partial charge in [-0.3, -0.25) is 4.79 Å². The van der Waals surface area contributed by atoms with Gasteiger partial charge in [0, 0.05) is 5.54 Å². The Morgan fingerprint density at radius 2 is 2.11 bits per heavy atom.